The molecule has 0 heterocycles. The van der Waals surface area contributed by atoms with E-state index < -0.39 is 0 Å². The zero-order valence-corrected chi connectivity index (χ0v) is 9.93. The molecule has 0 aromatic heterocycles. The van der Waals surface area contributed by atoms with Crippen LogP contribution in [-0.4, -0.2) is 5.54 Å². The van der Waals surface area contributed by atoms with Gasteiger partial charge in [-0.3, -0.25) is 0 Å². The highest BCUT2D eigenvalue weighted by Crippen LogP contribution is 2.19. The number of hydrogen-bond acceptors (Lipinski definition) is 1. The highest BCUT2D eigenvalue weighted by molar-refractivity contribution is 5.13. The third-order valence-corrected chi connectivity index (χ3v) is 1.93. The summed E-state index contributed by atoms with van der Waals surface area (Å²) in [5.41, 5.74) is 0.996. The monoisotopic (exact) mass is 193 g/mol. The zero-order valence-electron chi connectivity index (χ0n) is 9.93. The quantitative estimate of drug-likeness (QED) is 0.635. The number of rotatable bonds is 6. The molecular weight excluding hydrogens is 170 g/mol. The van der Waals surface area contributed by atoms with Crippen molar-refractivity contribution < 1.29 is 0 Å². The van der Waals surface area contributed by atoms with Gasteiger partial charge in [-0.2, -0.15) is 0 Å². The summed E-state index contributed by atoms with van der Waals surface area (Å²) in [6, 6.07) is 0. The van der Waals surface area contributed by atoms with Crippen molar-refractivity contribution in [3.63, 3.8) is 0 Å². The van der Waals surface area contributed by atoms with Gasteiger partial charge >= 0.3 is 0 Å². The Balaban J connectivity index is 4.55. The maximum absolute atomic E-state index is 3.88. The van der Waals surface area contributed by atoms with Gasteiger partial charge in [0.2, 0.25) is 0 Å². The lowest BCUT2D eigenvalue weighted by Gasteiger charge is -2.30. The van der Waals surface area contributed by atoms with E-state index in [0.717, 1.165) is 12.1 Å². The molecule has 14 heavy (non-hydrogen) atoms. The molecule has 0 aliphatic heterocycles. The largest absolute Gasteiger partial charge is 0.380 e. The molecule has 0 radical (unpaired) electrons. The van der Waals surface area contributed by atoms with Gasteiger partial charge in [-0.05, 0) is 26.2 Å². The van der Waals surface area contributed by atoms with Gasteiger partial charge in [0.05, 0.1) is 5.54 Å². The van der Waals surface area contributed by atoms with Crippen LogP contribution in [0.5, 0.6) is 0 Å². The van der Waals surface area contributed by atoms with Crippen molar-refractivity contribution in [1.82, 2.24) is 5.32 Å². The van der Waals surface area contributed by atoms with Crippen molar-refractivity contribution in [3.05, 3.63) is 37.1 Å². The van der Waals surface area contributed by atoms with Crippen molar-refractivity contribution in [1.29, 1.82) is 0 Å². The maximum Gasteiger partial charge on any atom is 0.0530 e. The first-order valence-corrected chi connectivity index (χ1v) is 5.13. The van der Waals surface area contributed by atoms with Gasteiger partial charge in [-0.25, -0.2) is 0 Å². The van der Waals surface area contributed by atoms with Crippen molar-refractivity contribution in [3.8, 4) is 0 Å². The van der Waals surface area contributed by atoms with Gasteiger partial charge in [0.25, 0.3) is 0 Å². The topological polar surface area (TPSA) is 12.0 Å². The van der Waals surface area contributed by atoms with E-state index in [1.807, 2.05) is 13.0 Å². The van der Waals surface area contributed by atoms with Gasteiger partial charge in [-0.1, -0.05) is 45.2 Å². The van der Waals surface area contributed by atoms with E-state index in [0.29, 0.717) is 5.92 Å². The third kappa shape index (κ3) is 5.63. The van der Waals surface area contributed by atoms with Crippen LogP contribution in [0.1, 0.15) is 34.1 Å². The Hall–Kier alpha value is -0.980. The molecule has 1 heteroatoms. The smallest absolute Gasteiger partial charge is 0.0530 e. The molecule has 1 atom stereocenters. The first kappa shape index (κ1) is 13.0. The molecule has 0 amide bonds. The van der Waals surface area contributed by atoms with E-state index >= 15 is 0 Å². The van der Waals surface area contributed by atoms with Crippen LogP contribution in [0, 0.1) is 5.92 Å². The molecule has 0 aromatic rings. The predicted octanol–water partition coefficient (Wildman–Crippen LogP) is 3.66. The minimum atomic E-state index is -0.00576. The Morgan fingerprint density at radius 3 is 2.43 bits per heavy atom. The standard InChI is InChI=1S/C13H23N/c1-7-8-9-13(6,10-11(2)3)14-12(4)5/h7-9,11,14H,1,4,10H2,2-3,5-6H3/b9-8-. The average molecular weight is 193 g/mol. The SMILES string of the molecule is C=C/C=C\C(C)(CC(C)C)NC(=C)C. The second-order valence-electron chi connectivity index (χ2n) is 4.52. The summed E-state index contributed by atoms with van der Waals surface area (Å²) >= 11 is 0. The lowest BCUT2D eigenvalue weighted by atomic mass is 9.90. The number of hydrogen-bond donors (Lipinski definition) is 1. The van der Waals surface area contributed by atoms with E-state index in [1.165, 1.54) is 0 Å². The molecule has 0 saturated carbocycles. The van der Waals surface area contributed by atoms with Crippen molar-refractivity contribution >= 4 is 0 Å². The highest BCUT2D eigenvalue weighted by Gasteiger charge is 2.20. The maximum atomic E-state index is 3.88. The van der Waals surface area contributed by atoms with Gasteiger partial charge in [0, 0.05) is 5.70 Å². The molecule has 1 unspecified atom stereocenters. The first-order chi connectivity index (χ1) is 6.39. The molecule has 0 rings (SSSR count). The van der Waals surface area contributed by atoms with Gasteiger partial charge in [0.15, 0.2) is 0 Å². The molecule has 0 fully saturated rings. The Kier molecular flexibility index (Phi) is 5.29. The van der Waals surface area contributed by atoms with E-state index in [4.69, 9.17) is 0 Å². The molecule has 0 aliphatic rings. The minimum Gasteiger partial charge on any atom is -0.380 e. The molecule has 80 valence electrons. The molecule has 1 nitrogen and oxygen atoms in total. The minimum absolute atomic E-state index is 0.00576. The molecule has 0 spiro atoms. The van der Waals surface area contributed by atoms with Crippen LogP contribution in [0.2, 0.25) is 0 Å². The summed E-state index contributed by atoms with van der Waals surface area (Å²) in [6.45, 7) is 16.2. The summed E-state index contributed by atoms with van der Waals surface area (Å²) < 4.78 is 0. The Morgan fingerprint density at radius 2 is 2.07 bits per heavy atom. The van der Waals surface area contributed by atoms with Gasteiger partial charge in [-0.15, -0.1) is 0 Å². The van der Waals surface area contributed by atoms with E-state index in [2.05, 4.69) is 45.3 Å². The summed E-state index contributed by atoms with van der Waals surface area (Å²) in [7, 11) is 0. The number of nitrogens with one attached hydrogen (secondary N) is 1. The lowest BCUT2D eigenvalue weighted by molar-refractivity contribution is 0.383. The molecule has 0 bridgehead atoms. The van der Waals surface area contributed by atoms with Crippen LogP contribution in [0.15, 0.2) is 37.1 Å². The van der Waals surface area contributed by atoms with Crippen molar-refractivity contribution in [2.24, 2.45) is 5.92 Å². The normalized spacial score (nSPS) is 15.5. The van der Waals surface area contributed by atoms with E-state index in [-0.39, 0.29) is 5.54 Å². The molecule has 0 aliphatic carbocycles. The summed E-state index contributed by atoms with van der Waals surface area (Å²) in [4.78, 5) is 0. The van der Waals surface area contributed by atoms with Crippen molar-refractivity contribution in [2.45, 2.75) is 39.7 Å². The fourth-order valence-corrected chi connectivity index (χ4v) is 1.78. The van der Waals surface area contributed by atoms with Crippen LogP contribution in [0.4, 0.5) is 0 Å². The zero-order chi connectivity index (χ0) is 11.2. The van der Waals surface area contributed by atoms with Crippen LogP contribution in [0.3, 0.4) is 0 Å². The third-order valence-electron chi connectivity index (χ3n) is 1.93. The Labute approximate surface area is 88.6 Å². The van der Waals surface area contributed by atoms with Crippen LogP contribution in [-0.2, 0) is 0 Å². The summed E-state index contributed by atoms with van der Waals surface area (Å²) in [5.74, 6) is 0.654. The molecular formula is C13H23N. The number of allylic oxidation sites excluding steroid dienone is 3. The first-order valence-electron chi connectivity index (χ1n) is 5.13. The lowest BCUT2D eigenvalue weighted by Crippen LogP contribution is -2.40. The van der Waals surface area contributed by atoms with E-state index in [1.54, 1.807) is 6.08 Å². The fraction of sp³-hybridized carbons (Fsp3) is 0.538. The van der Waals surface area contributed by atoms with Crippen molar-refractivity contribution in [2.75, 3.05) is 0 Å². The van der Waals surface area contributed by atoms with Crippen LogP contribution in [0.25, 0.3) is 0 Å². The van der Waals surface area contributed by atoms with Gasteiger partial charge in [0.1, 0.15) is 0 Å². The fourth-order valence-electron chi connectivity index (χ4n) is 1.78. The summed E-state index contributed by atoms with van der Waals surface area (Å²) in [5, 5.41) is 3.39. The molecule has 0 aromatic carbocycles. The predicted molar refractivity (Wildman–Crippen MR) is 65.1 cm³/mol. The van der Waals surface area contributed by atoms with Gasteiger partial charge < -0.3 is 5.32 Å². The van der Waals surface area contributed by atoms with E-state index in [9.17, 15) is 0 Å². The van der Waals surface area contributed by atoms with Crippen LogP contribution < -0.4 is 5.32 Å². The molecule has 0 saturated heterocycles. The second-order valence-corrected chi connectivity index (χ2v) is 4.52. The highest BCUT2D eigenvalue weighted by atomic mass is 15.0. The second kappa shape index (κ2) is 5.69. The Bertz CT molecular complexity index is 225. The Morgan fingerprint density at radius 1 is 1.50 bits per heavy atom. The average Bonchev–Trinajstić information content (AvgIpc) is 1.97. The molecule has 1 N–H and O–H groups in total. The summed E-state index contributed by atoms with van der Waals surface area (Å²) in [6.07, 6.45) is 7.02. The van der Waals surface area contributed by atoms with Crippen LogP contribution >= 0.6 is 0 Å².